The topological polar surface area (TPSA) is 109 Å². The first-order chi connectivity index (χ1) is 13.8. The Morgan fingerprint density at radius 2 is 1.80 bits per heavy atom. The van der Waals surface area contributed by atoms with Crippen LogP contribution in [0.5, 0.6) is 0 Å². The van der Waals surface area contributed by atoms with Crippen molar-refractivity contribution in [1.82, 2.24) is 15.2 Å². The molecular weight excluding hydrogens is 386 g/mol. The van der Waals surface area contributed by atoms with Crippen LogP contribution in [0.1, 0.15) is 80.3 Å². The van der Waals surface area contributed by atoms with Crippen LogP contribution in [0, 0.1) is 5.41 Å². The second-order valence-electron chi connectivity index (χ2n) is 10.1. The summed E-state index contributed by atoms with van der Waals surface area (Å²) in [5.74, 6) is -0.431. The van der Waals surface area contributed by atoms with E-state index in [9.17, 15) is 19.2 Å². The number of H-pyrrole nitrogens is 1. The minimum atomic E-state index is -0.569. The summed E-state index contributed by atoms with van der Waals surface area (Å²) in [6.07, 6.45) is 1.66. The van der Waals surface area contributed by atoms with Crippen molar-refractivity contribution in [3.05, 3.63) is 33.2 Å². The van der Waals surface area contributed by atoms with Gasteiger partial charge >= 0.3 is 6.09 Å². The summed E-state index contributed by atoms with van der Waals surface area (Å²) in [5, 5.41) is 2.83. The van der Waals surface area contributed by atoms with Crippen molar-refractivity contribution in [1.29, 1.82) is 0 Å². The van der Waals surface area contributed by atoms with Gasteiger partial charge in [-0.25, -0.2) is 4.79 Å². The van der Waals surface area contributed by atoms with Gasteiger partial charge in [0.1, 0.15) is 11.2 Å². The number of likely N-dealkylation sites (tertiary alicyclic amines) is 1. The van der Waals surface area contributed by atoms with Gasteiger partial charge in [-0.15, -0.1) is 0 Å². The quantitative estimate of drug-likeness (QED) is 0.769. The van der Waals surface area contributed by atoms with Crippen LogP contribution in [0.2, 0.25) is 0 Å². The second-order valence-corrected chi connectivity index (χ2v) is 10.1. The molecule has 2 N–H and O–H groups in total. The number of alkyl carbamates (subject to hydrolysis) is 1. The maximum absolute atomic E-state index is 12.9. The van der Waals surface area contributed by atoms with Crippen molar-refractivity contribution in [2.45, 2.75) is 71.9 Å². The number of nitrogens with one attached hydrogen (secondary N) is 2. The summed E-state index contributed by atoms with van der Waals surface area (Å²) >= 11 is 0. The van der Waals surface area contributed by atoms with E-state index in [2.05, 4.69) is 10.3 Å². The van der Waals surface area contributed by atoms with Gasteiger partial charge in [0.2, 0.25) is 0 Å². The van der Waals surface area contributed by atoms with E-state index >= 15 is 0 Å². The zero-order valence-corrected chi connectivity index (χ0v) is 18.4. The van der Waals surface area contributed by atoms with Gasteiger partial charge in [-0.3, -0.25) is 14.4 Å². The van der Waals surface area contributed by atoms with Gasteiger partial charge in [0.25, 0.3) is 11.5 Å². The lowest BCUT2D eigenvalue weighted by Crippen LogP contribution is -2.48. The molecule has 3 rings (SSSR count). The molecule has 0 unspecified atom stereocenters. The van der Waals surface area contributed by atoms with Crippen LogP contribution in [-0.2, 0) is 11.2 Å². The summed E-state index contributed by atoms with van der Waals surface area (Å²) in [4.78, 5) is 54.3. The van der Waals surface area contributed by atoms with Gasteiger partial charge < -0.3 is 19.9 Å². The van der Waals surface area contributed by atoms with Crippen LogP contribution in [0.4, 0.5) is 4.79 Å². The van der Waals surface area contributed by atoms with E-state index in [-0.39, 0.29) is 28.7 Å². The standard InChI is InChI=1S/C22H31N3O5/c1-21(2,3)30-20(29)23-13-6-8-25(9-7-13)19(28)15-10-14-16(24-18(15)27)11-22(4,5)12-17(14)26/h10,13H,6-9,11-12H2,1-5H3,(H,23,29)(H,24,27). The molecule has 2 aliphatic rings. The Balaban J connectivity index is 1.66. The third-order valence-electron chi connectivity index (χ3n) is 5.45. The number of aromatic nitrogens is 1. The number of ketones is 1. The Labute approximate surface area is 176 Å². The van der Waals surface area contributed by atoms with Gasteiger partial charge in [-0.05, 0) is 51.5 Å². The van der Waals surface area contributed by atoms with E-state index in [1.807, 2.05) is 13.8 Å². The fourth-order valence-corrected chi connectivity index (χ4v) is 4.06. The highest BCUT2D eigenvalue weighted by molar-refractivity contribution is 6.02. The number of ether oxygens (including phenoxy) is 1. The number of pyridine rings is 1. The Kier molecular flexibility index (Phi) is 5.80. The Morgan fingerprint density at radius 3 is 2.40 bits per heavy atom. The molecule has 30 heavy (non-hydrogen) atoms. The number of carbonyl (C=O) groups excluding carboxylic acids is 3. The third kappa shape index (κ3) is 5.09. The van der Waals surface area contributed by atoms with E-state index in [1.54, 1.807) is 25.7 Å². The molecule has 2 amide bonds. The molecule has 0 aromatic carbocycles. The van der Waals surface area contributed by atoms with Crippen molar-refractivity contribution >= 4 is 17.8 Å². The molecule has 0 radical (unpaired) electrons. The molecule has 0 spiro atoms. The Morgan fingerprint density at radius 1 is 1.17 bits per heavy atom. The van der Waals surface area contributed by atoms with Crippen molar-refractivity contribution in [2.24, 2.45) is 5.41 Å². The van der Waals surface area contributed by atoms with Crippen LogP contribution >= 0.6 is 0 Å². The highest BCUT2D eigenvalue weighted by atomic mass is 16.6. The number of Topliss-reactive ketones (excluding diaryl/α,β-unsaturated/α-hetero) is 1. The second kappa shape index (κ2) is 7.89. The van der Waals surface area contributed by atoms with Crippen molar-refractivity contribution in [3.63, 3.8) is 0 Å². The van der Waals surface area contributed by atoms with Crippen molar-refractivity contribution < 1.29 is 19.1 Å². The first kappa shape index (κ1) is 22.1. The summed E-state index contributed by atoms with van der Waals surface area (Å²) in [6.45, 7) is 10.2. The summed E-state index contributed by atoms with van der Waals surface area (Å²) < 4.78 is 5.27. The fourth-order valence-electron chi connectivity index (χ4n) is 4.06. The Bertz CT molecular complexity index is 918. The van der Waals surface area contributed by atoms with E-state index in [0.717, 1.165) is 0 Å². The molecule has 8 heteroatoms. The lowest BCUT2D eigenvalue weighted by molar-refractivity contribution is 0.0473. The van der Waals surface area contributed by atoms with Crippen LogP contribution in [0.3, 0.4) is 0 Å². The van der Waals surface area contributed by atoms with Crippen LogP contribution < -0.4 is 10.9 Å². The zero-order chi connectivity index (χ0) is 22.3. The third-order valence-corrected chi connectivity index (χ3v) is 5.45. The average Bonchev–Trinajstić information content (AvgIpc) is 2.58. The monoisotopic (exact) mass is 417 g/mol. The minimum Gasteiger partial charge on any atom is -0.444 e. The first-order valence-corrected chi connectivity index (χ1v) is 10.4. The lowest BCUT2D eigenvalue weighted by atomic mass is 9.75. The van der Waals surface area contributed by atoms with Crippen molar-refractivity contribution in [3.8, 4) is 0 Å². The van der Waals surface area contributed by atoms with E-state index in [4.69, 9.17) is 4.74 Å². The molecule has 164 valence electrons. The van der Waals surface area contributed by atoms with E-state index < -0.39 is 17.3 Å². The molecule has 1 aliphatic carbocycles. The molecule has 1 fully saturated rings. The van der Waals surface area contributed by atoms with Gasteiger partial charge in [0.15, 0.2) is 5.78 Å². The largest absolute Gasteiger partial charge is 0.444 e. The van der Waals surface area contributed by atoms with E-state index in [0.29, 0.717) is 50.0 Å². The summed E-state index contributed by atoms with van der Waals surface area (Å²) in [7, 11) is 0. The number of nitrogens with zero attached hydrogens (tertiary/aromatic N) is 1. The highest BCUT2D eigenvalue weighted by Gasteiger charge is 2.34. The average molecular weight is 418 g/mol. The SMILES string of the molecule is CC1(C)CC(=O)c2cc(C(=O)N3CCC(NC(=O)OC(C)(C)C)CC3)c(=O)[nH]c2C1. The molecule has 1 saturated heterocycles. The molecule has 8 nitrogen and oxygen atoms in total. The number of piperidine rings is 1. The molecule has 0 bridgehead atoms. The van der Waals surface area contributed by atoms with Crippen LogP contribution in [-0.4, -0.2) is 52.4 Å². The number of hydrogen-bond donors (Lipinski definition) is 2. The van der Waals surface area contributed by atoms with Crippen LogP contribution in [0.25, 0.3) is 0 Å². The molecule has 2 heterocycles. The zero-order valence-electron chi connectivity index (χ0n) is 18.4. The molecular formula is C22H31N3O5. The predicted octanol–water partition coefficient (Wildman–Crippen LogP) is 2.66. The van der Waals surface area contributed by atoms with Gasteiger partial charge in [0.05, 0.1) is 0 Å². The van der Waals surface area contributed by atoms with E-state index in [1.165, 1.54) is 6.07 Å². The first-order valence-electron chi connectivity index (χ1n) is 10.4. The predicted molar refractivity (Wildman–Crippen MR) is 112 cm³/mol. The smallest absolute Gasteiger partial charge is 0.407 e. The number of hydrogen-bond acceptors (Lipinski definition) is 5. The number of fused-ring (bicyclic) bond motifs is 1. The molecule has 0 atom stereocenters. The lowest BCUT2D eigenvalue weighted by Gasteiger charge is -2.33. The molecule has 1 aromatic rings. The van der Waals surface area contributed by atoms with Crippen molar-refractivity contribution in [2.75, 3.05) is 13.1 Å². The number of rotatable bonds is 2. The summed E-state index contributed by atoms with van der Waals surface area (Å²) in [6, 6.07) is 1.37. The Hall–Kier alpha value is -2.64. The summed E-state index contributed by atoms with van der Waals surface area (Å²) in [5.41, 5.74) is -0.182. The van der Waals surface area contributed by atoms with Gasteiger partial charge in [-0.1, -0.05) is 13.8 Å². The number of aromatic amines is 1. The minimum absolute atomic E-state index is 0.000331. The normalized spacial score (nSPS) is 19.2. The fraction of sp³-hybridized carbons (Fsp3) is 0.636. The van der Waals surface area contributed by atoms with Gasteiger partial charge in [-0.2, -0.15) is 0 Å². The van der Waals surface area contributed by atoms with Crippen LogP contribution in [0.15, 0.2) is 10.9 Å². The molecule has 0 saturated carbocycles. The van der Waals surface area contributed by atoms with Gasteiger partial charge in [0, 0.05) is 36.8 Å². The highest BCUT2D eigenvalue weighted by Crippen LogP contribution is 2.33. The molecule has 1 aromatic heterocycles. The number of amides is 2. The molecule has 1 aliphatic heterocycles. The maximum Gasteiger partial charge on any atom is 0.407 e. The maximum atomic E-state index is 12.9. The number of carbonyl (C=O) groups is 3.